The molecule has 0 bridgehead atoms. The number of carbonyl (C=O) groups is 1. The van der Waals surface area contributed by atoms with Gasteiger partial charge >= 0.3 is 0 Å². The Kier molecular flexibility index (Phi) is 5.34. The van der Waals surface area contributed by atoms with E-state index in [9.17, 15) is 4.79 Å². The van der Waals surface area contributed by atoms with Crippen LogP contribution in [0, 0.1) is 6.92 Å². The Bertz CT molecular complexity index is 330. The molecule has 3 heteroatoms. The van der Waals surface area contributed by atoms with Gasteiger partial charge in [0.15, 0.2) is 5.78 Å². The molecule has 0 radical (unpaired) electrons. The average Bonchev–Trinajstić information content (AvgIpc) is 2.55. The Labute approximate surface area is 100 Å². The molecule has 0 aliphatic rings. The first-order valence-corrected chi connectivity index (χ1v) is 6.69. The maximum Gasteiger partial charge on any atom is 0.174 e. The van der Waals surface area contributed by atoms with Crippen molar-refractivity contribution in [3.63, 3.8) is 0 Å². The van der Waals surface area contributed by atoms with E-state index in [1.165, 1.54) is 24.2 Å². The number of thiophene rings is 1. The van der Waals surface area contributed by atoms with Crippen LogP contribution < -0.4 is 0 Å². The number of rotatable bonds is 6. The summed E-state index contributed by atoms with van der Waals surface area (Å²) in [6.45, 7) is 4.11. The molecule has 1 heterocycles. The summed E-state index contributed by atoms with van der Waals surface area (Å²) in [6.07, 6.45) is 5.18. The summed E-state index contributed by atoms with van der Waals surface area (Å²) in [7, 11) is 0. The van der Waals surface area contributed by atoms with Crippen LogP contribution in [0.15, 0.2) is 5.38 Å². The molecule has 1 aromatic heterocycles. The third kappa shape index (κ3) is 3.62. The minimum atomic E-state index is 0.203. The highest BCUT2D eigenvalue weighted by Gasteiger charge is 2.13. The number of halogens is 1. The molecule has 0 aromatic carbocycles. The van der Waals surface area contributed by atoms with Crippen LogP contribution in [0.2, 0.25) is 5.02 Å². The zero-order valence-corrected chi connectivity index (χ0v) is 10.9. The second kappa shape index (κ2) is 6.29. The standard InChI is InChI=1S/C12H17ClOS/c1-3-4-5-6-7-10(14)12-11(13)9(2)8-15-12/h8H,3-7H2,1-2H3. The predicted octanol–water partition coefficient (Wildman–Crippen LogP) is 4.86. The van der Waals surface area contributed by atoms with Crippen LogP contribution in [0.3, 0.4) is 0 Å². The molecule has 0 unspecified atom stereocenters. The first-order valence-electron chi connectivity index (χ1n) is 5.43. The van der Waals surface area contributed by atoms with Crippen LogP contribution in [0.1, 0.15) is 54.3 Å². The molecule has 15 heavy (non-hydrogen) atoms. The molecule has 0 aliphatic carbocycles. The highest BCUT2D eigenvalue weighted by molar-refractivity contribution is 7.13. The van der Waals surface area contributed by atoms with Crippen LogP contribution >= 0.6 is 22.9 Å². The Morgan fingerprint density at radius 2 is 2.13 bits per heavy atom. The van der Waals surface area contributed by atoms with Crippen molar-refractivity contribution in [2.24, 2.45) is 0 Å². The van der Waals surface area contributed by atoms with Gasteiger partial charge in [0, 0.05) is 6.42 Å². The summed E-state index contributed by atoms with van der Waals surface area (Å²) in [5.74, 6) is 0.203. The number of Topliss-reactive ketones (excluding diaryl/α,β-unsaturated/α-hetero) is 1. The van der Waals surface area contributed by atoms with Crippen LogP contribution in [-0.4, -0.2) is 5.78 Å². The number of hydrogen-bond acceptors (Lipinski definition) is 2. The van der Waals surface area contributed by atoms with E-state index in [0.29, 0.717) is 11.4 Å². The van der Waals surface area contributed by atoms with E-state index in [1.807, 2.05) is 12.3 Å². The van der Waals surface area contributed by atoms with Gasteiger partial charge in [-0.25, -0.2) is 0 Å². The smallest absolute Gasteiger partial charge is 0.174 e. The van der Waals surface area contributed by atoms with Crippen molar-refractivity contribution < 1.29 is 4.79 Å². The number of hydrogen-bond donors (Lipinski definition) is 0. The molecule has 0 spiro atoms. The van der Waals surface area contributed by atoms with Crippen molar-refractivity contribution in [3.05, 3.63) is 20.8 Å². The van der Waals surface area contributed by atoms with Gasteiger partial charge in [-0.05, 0) is 24.3 Å². The first kappa shape index (κ1) is 12.7. The molecular formula is C12H17ClOS. The molecule has 0 saturated heterocycles. The van der Waals surface area contributed by atoms with Crippen LogP contribution in [0.25, 0.3) is 0 Å². The number of unbranched alkanes of at least 4 members (excludes halogenated alkanes) is 3. The van der Waals surface area contributed by atoms with Crippen molar-refractivity contribution in [2.45, 2.75) is 46.0 Å². The van der Waals surface area contributed by atoms with E-state index >= 15 is 0 Å². The van der Waals surface area contributed by atoms with Gasteiger partial charge in [0.05, 0.1) is 9.90 Å². The lowest BCUT2D eigenvalue weighted by Gasteiger charge is -1.99. The molecule has 0 aliphatic heterocycles. The second-order valence-corrected chi connectivity index (χ2v) is 5.05. The third-order valence-electron chi connectivity index (χ3n) is 2.41. The number of carbonyl (C=O) groups excluding carboxylic acids is 1. The van der Waals surface area contributed by atoms with Crippen molar-refractivity contribution in [1.82, 2.24) is 0 Å². The zero-order chi connectivity index (χ0) is 11.3. The fourth-order valence-corrected chi connectivity index (χ4v) is 2.71. The van der Waals surface area contributed by atoms with Crippen molar-refractivity contribution in [2.75, 3.05) is 0 Å². The molecule has 84 valence electrons. The van der Waals surface area contributed by atoms with Gasteiger partial charge in [-0.15, -0.1) is 11.3 Å². The van der Waals surface area contributed by atoms with Crippen molar-refractivity contribution >= 4 is 28.7 Å². The summed E-state index contributed by atoms with van der Waals surface area (Å²) >= 11 is 7.50. The van der Waals surface area contributed by atoms with Crippen molar-refractivity contribution in [3.8, 4) is 0 Å². The summed E-state index contributed by atoms with van der Waals surface area (Å²) in [5.41, 5.74) is 1.01. The molecular weight excluding hydrogens is 228 g/mol. The lowest BCUT2D eigenvalue weighted by atomic mass is 10.1. The Hall–Kier alpha value is -0.340. The van der Waals surface area contributed by atoms with Crippen LogP contribution in [-0.2, 0) is 0 Å². The topological polar surface area (TPSA) is 17.1 Å². The molecule has 1 nitrogen and oxygen atoms in total. The fourth-order valence-electron chi connectivity index (χ4n) is 1.44. The summed E-state index contributed by atoms with van der Waals surface area (Å²) < 4.78 is 0. The molecule has 0 saturated carbocycles. The van der Waals surface area contributed by atoms with Gasteiger partial charge in [0.1, 0.15) is 0 Å². The summed E-state index contributed by atoms with van der Waals surface area (Å²) in [4.78, 5) is 12.5. The lowest BCUT2D eigenvalue weighted by molar-refractivity contribution is 0.0983. The van der Waals surface area contributed by atoms with Gasteiger partial charge < -0.3 is 0 Å². The van der Waals surface area contributed by atoms with Gasteiger partial charge in [-0.3, -0.25) is 4.79 Å². The molecule has 1 rings (SSSR count). The minimum absolute atomic E-state index is 0.203. The van der Waals surface area contributed by atoms with E-state index in [2.05, 4.69) is 6.92 Å². The molecule has 0 amide bonds. The van der Waals surface area contributed by atoms with E-state index < -0.39 is 0 Å². The monoisotopic (exact) mass is 244 g/mol. The average molecular weight is 245 g/mol. The quantitative estimate of drug-likeness (QED) is 0.516. The SMILES string of the molecule is CCCCCCC(=O)c1scc(C)c1Cl. The highest BCUT2D eigenvalue weighted by atomic mass is 35.5. The van der Waals surface area contributed by atoms with Gasteiger partial charge in [-0.1, -0.05) is 37.8 Å². The summed E-state index contributed by atoms with van der Waals surface area (Å²) in [6, 6.07) is 0. The maximum atomic E-state index is 11.8. The van der Waals surface area contributed by atoms with E-state index in [0.717, 1.165) is 23.3 Å². The van der Waals surface area contributed by atoms with Crippen LogP contribution in [0.4, 0.5) is 0 Å². The van der Waals surface area contributed by atoms with Gasteiger partial charge in [0.25, 0.3) is 0 Å². The Balaban J connectivity index is 2.44. The molecule has 0 atom stereocenters. The molecule has 1 aromatic rings. The second-order valence-electron chi connectivity index (χ2n) is 3.80. The minimum Gasteiger partial charge on any atom is -0.293 e. The number of aryl methyl sites for hydroxylation is 1. The highest BCUT2D eigenvalue weighted by Crippen LogP contribution is 2.28. The van der Waals surface area contributed by atoms with Crippen molar-refractivity contribution in [1.29, 1.82) is 0 Å². The lowest BCUT2D eigenvalue weighted by Crippen LogP contribution is -1.96. The van der Waals surface area contributed by atoms with E-state index in [-0.39, 0.29) is 5.78 Å². The Morgan fingerprint density at radius 3 is 2.67 bits per heavy atom. The summed E-state index contributed by atoms with van der Waals surface area (Å²) in [5, 5.41) is 2.60. The largest absolute Gasteiger partial charge is 0.293 e. The normalized spacial score (nSPS) is 10.6. The number of ketones is 1. The molecule has 0 N–H and O–H groups in total. The van der Waals surface area contributed by atoms with Gasteiger partial charge in [-0.2, -0.15) is 0 Å². The third-order valence-corrected chi connectivity index (χ3v) is 4.15. The maximum absolute atomic E-state index is 11.8. The Morgan fingerprint density at radius 1 is 1.40 bits per heavy atom. The molecule has 0 fully saturated rings. The van der Waals surface area contributed by atoms with Gasteiger partial charge in [0.2, 0.25) is 0 Å². The van der Waals surface area contributed by atoms with Crippen LogP contribution in [0.5, 0.6) is 0 Å². The zero-order valence-electron chi connectivity index (χ0n) is 9.31. The predicted molar refractivity (Wildman–Crippen MR) is 67.2 cm³/mol. The fraction of sp³-hybridized carbons (Fsp3) is 0.583. The first-order chi connectivity index (χ1) is 7.16. The van der Waals surface area contributed by atoms with E-state index in [4.69, 9.17) is 11.6 Å². The van der Waals surface area contributed by atoms with E-state index in [1.54, 1.807) is 0 Å².